The Morgan fingerprint density at radius 2 is 1.47 bits per heavy atom. The molecule has 5 nitrogen and oxygen atoms in total. The molecule has 1 rings (SSSR count). The molecule has 0 spiro atoms. The fourth-order valence-corrected chi connectivity index (χ4v) is 1.52. The van der Waals surface area contributed by atoms with Gasteiger partial charge in [0.25, 0.3) is 0 Å². The van der Waals surface area contributed by atoms with Gasteiger partial charge in [-0.05, 0) is 17.7 Å². The van der Waals surface area contributed by atoms with Crippen molar-refractivity contribution in [2.45, 2.75) is 12.7 Å². The third-order valence-corrected chi connectivity index (χ3v) is 2.47. The molecule has 96 valence electrons. The Balaban J connectivity index is 3.00. The topological polar surface area (TPSA) is 57.2 Å². The van der Waals surface area contributed by atoms with E-state index in [0.29, 0.717) is 17.9 Å². The van der Waals surface area contributed by atoms with E-state index in [9.17, 15) is 5.11 Å². The summed E-state index contributed by atoms with van der Waals surface area (Å²) in [4.78, 5) is 0. The van der Waals surface area contributed by atoms with Gasteiger partial charge in [0, 0.05) is 20.6 Å². The van der Waals surface area contributed by atoms with Crippen LogP contribution in [0.3, 0.4) is 0 Å². The van der Waals surface area contributed by atoms with Crippen LogP contribution in [0.25, 0.3) is 0 Å². The fourth-order valence-electron chi connectivity index (χ4n) is 1.52. The third kappa shape index (κ3) is 3.25. The molecule has 0 radical (unpaired) electrons. The number of phenolic OH excluding ortho intramolecular Hbond substituents is 1. The van der Waals surface area contributed by atoms with Crippen LogP contribution in [0.2, 0.25) is 0 Å². The second-order valence-corrected chi connectivity index (χ2v) is 3.45. The van der Waals surface area contributed by atoms with Crippen molar-refractivity contribution in [3.05, 3.63) is 17.7 Å². The van der Waals surface area contributed by atoms with Gasteiger partial charge in [-0.3, -0.25) is 0 Å². The molecule has 0 atom stereocenters. The quantitative estimate of drug-likeness (QED) is 0.767. The fraction of sp³-hybridized carbons (Fsp3) is 0.500. The minimum Gasteiger partial charge on any atom is -0.502 e. The molecule has 0 unspecified atom stereocenters. The number of hydrogen-bond donors (Lipinski definition) is 1. The molecular formula is C12H18O5. The molecular weight excluding hydrogens is 224 g/mol. The summed E-state index contributed by atoms with van der Waals surface area (Å²) in [6, 6.07) is 3.45. The maximum atomic E-state index is 9.75. The molecule has 17 heavy (non-hydrogen) atoms. The number of rotatable bonds is 6. The van der Waals surface area contributed by atoms with Gasteiger partial charge in [0.2, 0.25) is 5.75 Å². The summed E-state index contributed by atoms with van der Waals surface area (Å²) in [5.74, 6) is 0.723. The van der Waals surface area contributed by atoms with E-state index < -0.39 is 0 Å². The van der Waals surface area contributed by atoms with Crippen molar-refractivity contribution in [3.63, 3.8) is 0 Å². The molecule has 0 bridgehead atoms. The van der Waals surface area contributed by atoms with Crippen molar-refractivity contribution in [1.29, 1.82) is 0 Å². The van der Waals surface area contributed by atoms with Crippen LogP contribution in [0.5, 0.6) is 17.2 Å². The van der Waals surface area contributed by atoms with Crippen molar-refractivity contribution >= 4 is 0 Å². The van der Waals surface area contributed by atoms with Crippen molar-refractivity contribution < 1.29 is 24.1 Å². The van der Waals surface area contributed by atoms with Crippen LogP contribution < -0.4 is 9.47 Å². The first-order chi connectivity index (χ1) is 8.15. The molecule has 0 fully saturated rings. The molecule has 1 aromatic carbocycles. The van der Waals surface area contributed by atoms with Gasteiger partial charge in [-0.2, -0.15) is 0 Å². The smallest absolute Gasteiger partial charge is 0.200 e. The van der Waals surface area contributed by atoms with Gasteiger partial charge >= 0.3 is 0 Å². The summed E-state index contributed by atoms with van der Waals surface area (Å²) in [5, 5.41) is 9.75. The zero-order valence-electron chi connectivity index (χ0n) is 10.5. The maximum absolute atomic E-state index is 9.75. The summed E-state index contributed by atoms with van der Waals surface area (Å²) in [6.07, 6.45) is 0.203. The van der Waals surface area contributed by atoms with E-state index in [1.165, 1.54) is 14.2 Å². The number of benzene rings is 1. The van der Waals surface area contributed by atoms with E-state index >= 15 is 0 Å². The monoisotopic (exact) mass is 242 g/mol. The lowest BCUT2D eigenvalue weighted by Gasteiger charge is -2.15. The largest absolute Gasteiger partial charge is 0.502 e. The highest BCUT2D eigenvalue weighted by atomic mass is 16.7. The van der Waals surface area contributed by atoms with Crippen LogP contribution in [0.4, 0.5) is 0 Å². The highest BCUT2D eigenvalue weighted by Gasteiger charge is 2.14. The molecule has 0 aliphatic rings. The molecule has 0 saturated heterocycles. The molecule has 0 aliphatic carbocycles. The molecule has 1 N–H and O–H groups in total. The van der Waals surface area contributed by atoms with Crippen LogP contribution in [0.15, 0.2) is 12.1 Å². The minimum absolute atomic E-state index is 0.00914. The van der Waals surface area contributed by atoms with Crippen LogP contribution in [0.1, 0.15) is 5.56 Å². The lowest BCUT2D eigenvalue weighted by atomic mass is 10.1. The molecule has 0 aromatic heterocycles. The Morgan fingerprint density at radius 1 is 1.00 bits per heavy atom. The van der Waals surface area contributed by atoms with Gasteiger partial charge in [0.1, 0.15) is 0 Å². The summed E-state index contributed by atoms with van der Waals surface area (Å²) in [6.45, 7) is 0. The van der Waals surface area contributed by atoms with Crippen molar-refractivity contribution in [2.75, 3.05) is 28.4 Å². The van der Waals surface area contributed by atoms with Gasteiger partial charge in [-0.15, -0.1) is 0 Å². The summed E-state index contributed by atoms with van der Waals surface area (Å²) < 4.78 is 20.4. The van der Waals surface area contributed by atoms with Gasteiger partial charge < -0.3 is 24.1 Å². The van der Waals surface area contributed by atoms with Crippen molar-refractivity contribution in [3.8, 4) is 17.2 Å². The first-order valence-electron chi connectivity index (χ1n) is 5.15. The van der Waals surface area contributed by atoms with Gasteiger partial charge in [0.15, 0.2) is 17.8 Å². The molecule has 0 aliphatic heterocycles. The van der Waals surface area contributed by atoms with Gasteiger partial charge in [-0.1, -0.05) is 0 Å². The van der Waals surface area contributed by atoms with Crippen LogP contribution >= 0.6 is 0 Å². The van der Waals surface area contributed by atoms with Crippen molar-refractivity contribution in [1.82, 2.24) is 0 Å². The van der Waals surface area contributed by atoms with Crippen molar-refractivity contribution in [2.24, 2.45) is 0 Å². The van der Waals surface area contributed by atoms with E-state index in [1.807, 2.05) is 0 Å². The Morgan fingerprint density at radius 3 is 1.82 bits per heavy atom. The SMILES string of the molecule is COc1cc(CC(OC)OC)cc(OC)c1O. The number of aromatic hydroxyl groups is 1. The molecule has 0 heterocycles. The molecule has 1 aromatic rings. The second-order valence-electron chi connectivity index (χ2n) is 3.45. The zero-order valence-corrected chi connectivity index (χ0v) is 10.5. The summed E-state index contributed by atoms with van der Waals surface area (Å²) in [5.41, 5.74) is 0.894. The number of methoxy groups -OCH3 is 4. The Bertz CT molecular complexity index is 335. The van der Waals surface area contributed by atoms with E-state index in [4.69, 9.17) is 18.9 Å². The Hall–Kier alpha value is -1.46. The number of phenols is 1. The zero-order chi connectivity index (χ0) is 12.8. The van der Waals surface area contributed by atoms with E-state index in [1.54, 1.807) is 26.4 Å². The van der Waals surface area contributed by atoms with Crippen LogP contribution in [-0.2, 0) is 15.9 Å². The van der Waals surface area contributed by atoms with E-state index in [-0.39, 0.29) is 12.0 Å². The normalized spacial score (nSPS) is 10.6. The molecule has 5 heteroatoms. The second kappa shape index (κ2) is 6.32. The highest BCUT2D eigenvalue weighted by Crippen LogP contribution is 2.37. The molecule has 0 amide bonds. The number of ether oxygens (including phenoxy) is 4. The van der Waals surface area contributed by atoms with Crippen LogP contribution in [0, 0.1) is 0 Å². The van der Waals surface area contributed by atoms with E-state index in [0.717, 1.165) is 5.56 Å². The van der Waals surface area contributed by atoms with Crippen LogP contribution in [-0.4, -0.2) is 39.8 Å². The standard InChI is InChI=1S/C12H18O5/c1-14-9-5-8(7-11(16-3)17-4)6-10(15-2)12(9)13/h5-6,11,13H,7H2,1-4H3. The first kappa shape index (κ1) is 13.6. The maximum Gasteiger partial charge on any atom is 0.200 e. The highest BCUT2D eigenvalue weighted by molar-refractivity contribution is 5.52. The van der Waals surface area contributed by atoms with E-state index in [2.05, 4.69) is 0 Å². The Kier molecular flexibility index (Phi) is 5.06. The summed E-state index contributed by atoms with van der Waals surface area (Å²) in [7, 11) is 6.12. The first-order valence-corrected chi connectivity index (χ1v) is 5.15. The lowest BCUT2D eigenvalue weighted by molar-refractivity contribution is -0.100. The third-order valence-electron chi connectivity index (χ3n) is 2.47. The predicted octanol–water partition coefficient (Wildman–Crippen LogP) is 1.57. The van der Waals surface area contributed by atoms with Gasteiger partial charge in [0.05, 0.1) is 14.2 Å². The van der Waals surface area contributed by atoms with Gasteiger partial charge in [-0.25, -0.2) is 0 Å². The average Bonchev–Trinajstić information content (AvgIpc) is 2.37. The average molecular weight is 242 g/mol. The minimum atomic E-state index is -0.339. The molecule has 0 saturated carbocycles. The lowest BCUT2D eigenvalue weighted by Crippen LogP contribution is -2.16. The Labute approximate surface area is 101 Å². The number of hydrogen-bond acceptors (Lipinski definition) is 5. The predicted molar refractivity (Wildman–Crippen MR) is 62.7 cm³/mol. The summed E-state index contributed by atoms with van der Waals surface area (Å²) >= 11 is 0.